The molecule has 1 aromatic carbocycles. The van der Waals surface area contributed by atoms with Crippen molar-refractivity contribution in [2.75, 3.05) is 0 Å². The summed E-state index contributed by atoms with van der Waals surface area (Å²) >= 11 is 0. The Morgan fingerprint density at radius 3 is 2.56 bits per heavy atom. The molecule has 2 aliphatic heterocycles. The summed E-state index contributed by atoms with van der Waals surface area (Å²) < 4.78 is 46.1. The summed E-state index contributed by atoms with van der Waals surface area (Å²) in [4.78, 5) is 32.7. The Morgan fingerprint density at radius 1 is 1.21 bits per heavy atom. The van der Waals surface area contributed by atoms with Gasteiger partial charge in [-0.05, 0) is 37.0 Å². The van der Waals surface area contributed by atoms with Crippen molar-refractivity contribution in [2.45, 2.75) is 70.4 Å². The first kappa shape index (κ1) is 27.0. The fourth-order valence-corrected chi connectivity index (χ4v) is 6.16. The molecule has 2 aromatic rings. The number of nitrogens with zero attached hydrogens (tertiary/aromatic N) is 2. The summed E-state index contributed by atoms with van der Waals surface area (Å²) in [5.74, 6) is -1.62. The Kier molecular flexibility index (Phi) is 6.38. The van der Waals surface area contributed by atoms with Gasteiger partial charge in [0.25, 0.3) is 0 Å². The van der Waals surface area contributed by atoms with Gasteiger partial charge in [-0.1, -0.05) is 38.1 Å². The van der Waals surface area contributed by atoms with Crippen molar-refractivity contribution in [3.63, 3.8) is 0 Å². The molecule has 11 heteroatoms. The highest BCUT2D eigenvalue weighted by Gasteiger charge is 2.67. The van der Waals surface area contributed by atoms with E-state index in [0.29, 0.717) is 11.1 Å². The molecule has 2 fully saturated rings. The van der Waals surface area contributed by atoms with E-state index < -0.39 is 59.5 Å². The Labute approximate surface area is 224 Å². The minimum Gasteiger partial charge on any atom is -0.480 e. The lowest BCUT2D eigenvalue weighted by atomic mass is 9.92. The number of amides is 2. The van der Waals surface area contributed by atoms with Gasteiger partial charge in [-0.3, -0.25) is 24.9 Å². The summed E-state index contributed by atoms with van der Waals surface area (Å²) in [5, 5.41) is 14.6. The molecule has 3 unspecified atom stereocenters. The molecule has 0 radical (unpaired) electrons. The van der Waals surface area contributed by atoms with Gasteiger partial charge in [0.05, 0.1) is 12.1 Å². The Bertz CT molecular complexity index is 1280. The highest BCUT2D eigenvalue weighted by atomic mass is 19.4. The molecule has 3 aliphatic rings. The quantitative estimate of drug-likeness (QED) is 0.515. The number of alkyl halides is 3. The van der Waals surface area contributed by atoms with Crippen LogP contribution in [0.4, 0.5) is 13.2 Å². The van der Waals surface area contributed by atoms with Crippen molar-refractivity contribution in [1.82, 2.24) is 20.5 Å². The molecule has 1 aliphatic carbocycles. The number of halogens is 3. The summed E-state index contributed by atoms with van der Waals surface area (Å²) in [6.07, 6.45) is -3.67. The largest absolute Gasteiger partial charge is 0.480 e. The molecule has 3 N–H and O–H groups in total. The fourth-order valence-electron chi connectivity index (χ4n) is 6.16. The first-order valence-electron chi connectivity index (χ1n) is 12.9. The predicted molar refractivity (Wildman–Crippen MR) is 137 cm³/mol. The third-order valence-electron chi connectivity index (χ3n) is 8.09. The molecule has 0 spiro atoms. The zero-order valence-electron chi connectivity index (χ0n) is 22.2. The lowest BCUT2D eigenvalue weighted by Crippen LogP contribution is -2.61. The van der Waals surface area contributed by atoms with Gasteiger partial charge in [0, 0.05) is 48.2 Å². The Balaban J connectivity index is 1.44. The van der Waals surface area contributed by atoms with Crippen LogP contribution in [0.5, 0.6) is 5.75 Å². The Morgan fingerprint density at radius 2 is 1.92 bits per heavy atom. The number of ether oxygens (including phenoxy) is 1. The number of carbonyl (C=O) groups excluding carboxylic acids is 2. The first-order chi connectivity index (χ1) is 18.2. The maximum Gasteiger partial charge on any atom is 0.425 e. The van der Waals surface area contributed by atoms with Crippen LogP contribution >= 0.6 is 0 Å². The zero-order valence-corrected chi connectivity index (χ0v) is 22.2. The second-order valence-electron chi connectivity index (χ2n) is 11.8. The normalized spacial score (nSPS) is 28.0. The number of hydrogen-bond acceptors (Lipinski definition) is 5. The second kappa shape index (κ2) is 9.24. The third-order valence-corrected chi connectivity index (χ3v) is 8.09. The van der Waals surface area contributed by atoms with Crippen LogP contribution in [-0.4, -0.2) is 45.5 Å². The molecule has 5 atom stereocenters. The van der Waals surface area contributed by atoms with Crippen LogP contribution in [0.3, 0.4) is 0 Å². The highest BCUT2D eigenvalue weighted by Crippen LogP contribution is 2.65. The van der Waals surface area contributed by atoms with Crippen molar-refractivity contribution < 1.29 is 27.5 Å². The van der Waals surface area contributed by atoms with Gasteiger partial charge in [0.1, 0.15) is 5.75 Å². The van der Waals surface area contributed by atoms with Crippen LogP contribution in [-0.2, 0) is 9.59 Å². The smallest absolute Gasteiger partial charge is 0.425 e. The van der Waals surface area contributed by atoms with Crippen LogP contribution < -0.4 is 15.4 Å². The maximum atomic E-state index is 13.7. The third kappa shape index (κ3) is 4.94. The summed E-state index contributed by atoms with van der Waals surface area (Å²) in [7, 11) is 0. The van der Waals surface area contributed by atoms with E-state index in [4.69, 9.17) is 10.1 Å². The molecule has 39 heavy (non-hydrogen) atoms. The van der Waals surface area contributed by atoms with Gasteiger partial charge in [-0.2, -0.15) is 13.2 Å². The van der Waals surface area contributed by atoms with E-state index in [1.165, 1.54) is 11.0 Å². The van der Waals surface area contributed by atoms with Crippen LogP contribution in [0.15, 0.2) is 48.8 Å². The zero-order chi connectivity index (χ0) is 28.3. The van der Waals surface area contributed by atoms with E-state index in [9.17, 15) is 22.8 Å². The number of hydrogen-bond donors (Lipinski definition) is 3. The van der Waals surface area contributed by atoms with E-state index in [1.807, 2.05) is 33.8 Å². The predicted octanol–water partition coefficient (Wildman–Crippen LogP) is 4.50. The van der Waals surface area contributed by atoms with E-state index >= 15 is 0 Å². The number of pyridine rings is 1. The number of carbonyl (C=O) groups is 2. The van der Waals surface area contributed by atoms with E-state index in [1.54, 1.807) is 36.7 Å². The molecule has 1 saturated carbocycles. The molecule has 8 nitrogen and oxygen atoms in total. The minimum absolute atomic E-state index is 0.0571. The van der Waals surface area contributed by atoms with Crippen molar-refractivity contribution in [3.8, 4) is 5.75 Å². The van der Waals surface area contributed by atoms with E-state index in [-0.39, 0.29) is 24.0 Å². The molecule has 0 bridgehead atoms. The number of para-hydroxylation sites is 1. The van der Waals surface area contributed by atoms with Gasteiger partial charge in [0.15, 0.2) is 12.1 Å². The van der Waals surface area contributed by atoms with E-state index in [2.05, 4.69) is 15.6 Å². The number of rotatable bonds is 5. The first-order valence-corrected chi connectivity index (χ1v) is 12.9. The van der Waals surface area contributed by atoms with Crippen LogP contribution in [0, 0.1) is 22.7 Å². The molecule has 208 valence electrons. The van der Waals surface area contributed by atoms with Gasteiger partial charge in [-0.15, -0.1) is 0 Å². The van der Waals surface area contributed by atoms with Crippen molar-refractivity contribution >= 4 is 17.8 Å². The molecular formula is C28H32F3N5O3. The number of guanidine groups is 1. The van der Waals surface area contributed by atoms with Crippen LogP contribution in [0.1, 0.15) is 63.7 Å². The second-order valence-corrected chi connectivity index (χ2v) is 11.8. The topological polar surface area (TPSA) is 107 Å². The lowest BCUT2D eigenvalue weighted by molar-refractivity contribution is -0.201. The van der Waals surface area contributed by atoms with Crippen molar-refractivity contribution in [3.05, 3.63) is 59.9 Å². The molecule has 3 heterocycles. The van der Waals surface area contributed by atoms with E-state index in [0.717, 1.165) is 0 Å². The van der Waals surface area contributed by atoms with Gasteiger partial charge < -0.3 is 15.4 Å². The van der Waals surface area contributed by atoms with Gasteiger partial charge in [0.2, 0.25) is 11.8 Å². The lowest BCUT2D eigenvalue weighted by Gasteiger charge is -2.42. The van der Waals surface area contributed by atoms with Gasteiger partial charge in [-0.25, -0.2) is 0 Å². The van der Waals surface area contributed by atoms with Crippen molar-refractivity contribution in [2.24, 2.45) is 17.3 Å². The van der Waals surface area contributed by atoms with Gasteiger partial charge >= 0.3 is 6.18 Å². The van der Waals surface area contributed by atoms with Crippen molar-refractivity contribution in [1.29, 1.82) is 5.41 Å². The number of benzene rings is 1. The Hall–Kier alpha value is -3.63. The molecule has 1 aromatic heterocycles. The van der Waals surface area contributed by atoms with Crippen LogP contribution in [0.25, 0.3) is 0 Å². The van der Waals surface area contributed by atoms with Crippen LogP contribution in [0.2, 0.25) is 0 Å². The molecule has 1 saturated heterocycles. The number of fused-ring (bicyclic) bond motifs is 1. The molecular weight excluding hydrogens is 511 g/mol. The summed E-state index contributed by atoms with van der Waals surface area (Å²) in [6.45, 7) is 7.48. The maximum absolute atomic E-state index is 13.7. The number of aromatic nitrogens is 1. The summed E-state index contributed by atoms with van der Waals surface area (Å²) in [6, 6.07) is 8.41. The SMILES string of the molecule is CC1(C)CC(=O)N(C(c2cccnc2)C2C(C(=O)N[C@@H]3C[C@H](C(F)(F)F)Oc4ccccc43)C2(C)C)C(=N)N1. The molecule has 2 amide bonds. The average Bonchev–Trinajstić information content (AvgIpc) is 3.41. The summed E-state index contributed by atoms with van der Waals surface area (Å²) in [5.41, 5.74) is -0.0267. The number of nitrogens with one attached hydrogen (secondary N) is 3. The highest BCUT2D eigenvalue weighted by molar-refractivity contribution is 6.00. The minimum atomic E-state index is -4.58. The monoisotopic (exact) mass is 543 g/mol. The molecule has 5 rings (SSSR count). The standard InChI is InChI=1S/C28H32F3N5O3/c1-26(2)13-20(37)36(25(32)35-26)23(15-8-7-11-33-14-15)21-22(27(21,3)4)24(38)34-17-12-19(28(29,30)31)39-18-10-6-5-9-16(17)18/h5-11,14,17,19,21-23H,12-13H2,1-4H3,(H2,32,35)(H,34,38)/t17-,19-,21?,22?,23?/m1/s1. The average molecular weight is 544 g/mol. The fraction of sp³-hybridized carbons (Fsp3) is 0.500.